The fourth-order valence-electron chi connectivity index (χ4n) is 2.08. The summed E-state index contributed by atoms with van der Waals surface area (Å²) in [5.74, 6) is -0.754. The quantitative estimate of drug-likeness (QED) is 0.874. The fraction of sp³-hybridized carbons (Fsp3) is 0.667. The van der Waals surface area contributed by atoms with E-state index in [9.17, 15) is 4.79 Å². The minimum Gasteiger partial charge on any atom is -0.481 e. The smallest absolute Gasteiger partial charge is 0.303 e. The predicted octanol–water partition coefficient (Wildman–Crippen LogP) is 2.15. The highest BCUT2D eigenvalue weighted by atomic mass is 32.1. The molecule has 17 heavy (non-hydrogen) atoms. The zero-order valence-electron chi connectivity index (χ0n) is 9.89. The first-order valence-electron chi connectivity index (χ1n) is 6.11. The highest BCUT2D eigenvalue weighted by Gasteiger charge is 2.12. The van der Waals surface area contributed by atoms with Crippen molar-refractivity contribution in [3.8, 4) is 0 Å². The van der Waals surface area contributed by atoms with Crippen LogP contribution in [0, 0.1) is 0 Å². The molecule has 0 spiro atoms. The van der Waals surface area contributed by atoms with Crippen molar-refractivity contribution in [2.75, 3.05) is 13.1 Å². The Hall–Kier alpha value is -0.940. The van der Waals surface area contributed by atoms with Gasteiger partial charge in [-0.3, -0.25) is 9.69 Å². The molecule has 0 unspecified atom stereocenters. The van der Waals surface area contributed by atoms with Gasteiger partial charge in [0.05, 0.1) is 18.7 Å². The molecular formula is C12H18N2O2S. The fourth-order valence-corrected chi connectivity index (χ4v) is 2.95. The van der Waals surface area contributed by atoms with Crippen molar-refractivity contribution in [2.24, 2.45) is 0 Å². The van der Waals surface area contributed by atoms with Gasteiger partial charge in [0.1, 0.15) is 5.01 Å². The van der Waals surface area contributed by atoms with Gasteiger partial charge in [0.25, 0.3) is 0 Å². The van der Waals surface area contributed by atoms with Gasteiger partial charge in [0.15, 0.2) is 0 Å². The molecular weight excluding hydrogens is 236 g/mol. The standard InChI is InChI=1S/C12H18N2O2S/c15-12(16)5-4-10-9-17-11(13-10)8-14-6-2-1-3-7-14/h9H,1-8H2,(H,15,16). The normalized spacial score (nSPS) is 17.2. The SMILES string of the molecule is O=C(O)CCc1csc(CN2CCCCC2)n1. The van der Waals surface area contributed by atoms with E-state index >= 15 is 0 Å². The van der Waals surface area contributed by atoms with Gasteiger partial charge in [-0.1, -0.05) is 6.42 Å². The van der Waals surface area contributed by atoms with Crippen LogP contribution in [0.4, 0.5) is 0 Å². The van der Waals surface area contributed by atoms with Crippen LogP contribution in [0.1, 0.15) is 36.4 Å². The largest absolute Gasteiger partial charge is 0.481 e. The molecule has 1 N–H and O–H groups in total. The number of rotatable bonds is 5. The average Bonchev–Trinajstić information content (AvgIpc) is 2.75. The summed E-state index contributed by atoms with van der Waals surface area (Å²) in [6.45, 7) is 3.27. The van der Waals surface area contributed by atoms with Crippen LogP contribution < -0.4 is 0 Å². The second-order valence-corrected chi connectivity index (χ2v) is 5.41. The van der Waals surface area contributed by atoms with Crippen molar-refractivity contribution in [1.82, 2.24) is 9.88 Å². The van der Waals surface area contributed by atoms with Crippen LogP contribution in [-0.2, 0) is 17.8 Å². The monoisotopic (exact) mass is 254 g/mol. The van der Waals surface area contributed by atoms with E-state index in [0.29, 0.717) is 6.42 Å². The third kappa shape index (κ3) is 4.09. The Bertz CT molecular complexity index is 372. The molecule has 4 nitrogen and oxygen atoms in total. The lowest BCUT2D eigenvalue weighted by molar-refractivity contribution is -0.136. The molecule has 0 amide bonds. The first-order chi connectivity index (χ1) is 8.24. The molecule has 0 aliphatic carbocycles. The van der Waals surface area contributed by atoms with Crippen molar-refractivity contribution < 1.29 is 9.90 Å². The number of piperidine rings is 1. The number of likely N-dealkylation sites (tertiary alicyclic amines) is 1. The summed E-state index contributed by atoms with van der Waals surface area (Å²) in [6, 6.07) is 0. The number of carboxylic acid groups (broad SMARTS) is 1. The summed E-state index contributed by atoms with van der Waals surface area (Å²) < 4.78 is 0. The van der Waals surface area contributed by atoms with E-state index in [0.717, 1.165) is 17.2 Å². The summed E-state index contributed by atoms with van der Waals surface area (Å²) in [4.78, 5) is 17.4. The summed E-state index contributed by atoms with van der Waals surface area (Å²) in [6.07, 6.45) is 4.64. The number of thiazole rings is 1. The Kier molecular flexibility index (Phi) is 4.50. The molecule has 0 aromatic carbocycles. The van der Waals surface area contributed by atoms with E-state index in [4.69, 9.17) is 5.11 Å². The summed E-state index contributed by atoms with van der Waals surface area (Å²) in [7, 11) is 0. The number of carbonyl (C=O) groups is 1. The maximum atomic E-state index is 10.5. The topological polar surface area (TPSA) is 53.4 Å². The number of aliphatic carboxylic acids is 1. The summed E-state index contributed by atoms with van der Waals surface area (Å²) >= 11 is 1.65. The summed E-state index contributed by atoms with van der Waals surface area (Å²) in [5, 5.41) is 11.7. The molecule has 0 atom stereocenters. The third-order valence-corrected chi connectivity index (χ3v) is 3.88. The van der Waals surface area contributed by atoms with E-state index in [1.807, 2.05) is 5.38 Å². The van der Waals surface area contributed by atoms with Gasteiger partial charge in [-0.2, -0.15) is 0 Å². The maximum absolute atomic E-state index is 10.5. The molecule has 5 heteroatoms. The molecule has 94 valence electrons. The zero-order valence-corrected chi connectivity index (χ0v) is 10.7. The molecule has 2 rings (SSSR count). The van der Waals surface area contributed by atoms with Gasteiger partial charge >= 0.3 is 5.97 Å². The minimum atomic E-state index is -0.754. The molecule has 1 aliphatic heterocycles. The van der Waals surface area contributed by atoms with Crippen molar-refractivity contribution in [1.29, 1.82) is 0 Å². The van der Waals surface area contributed by atoms with E-state index in [1.165, 1.54) is 32.4 Å². The lowest BCUT2D eigenvalue weighted by Gasteiger charge is -2.25. The van der Waals surface area contributed by atoms with Crippen LogP contribution in [-0.4, -0.2) is 34.0 Å². The predicted molar refractivity (Wildman–Crippen MR) is 67.2 cm³/mol. The van der Waals surface area contributed by atoms with Gasteiger partial charge in [-0.05, 0) is 25.9 Å². The van der Waals surface area contributed by atoms with Crippen LogP contribution in [0.25, 0.3) is 0 Å². The van der Waals surface area contributed by atoms with Crippen LogP contribution >= 0.6 is 11.3 Å². The number of hydrogen-bond donors (Lipinski definition) is 1. The molecule has 0 bridgehead atoms. The van der Waals surface area contributed by atoms with Crippen molar-refractivity contribution in [3.05, 3.63) is 16.1 Å². The maximum Gasteiger partial charge on any atom is 0.303 e. The van der Waals surface area contributed by atoms with Crippen LogP contribution in [0.15, 0.2) is 5.38 Å². The molecule has 1 aromatic heterocycles. The zero-order chi connectivity index (χ0) is 12.1. The minimum absolute atomic E-state index is 0.173. The summed E-state index contributed by atoms with van der Waals surface area (Å²) in [5.41, 5.74) is 0.921. The molecule has 1 saturated heterocycles. The average molecular weight is 254 g/mol. The van der Waals surface area contributed by atoms with Crippen molar-refractivity contribution in [3.63, 3.8) is 0 Å². The number of carboxylic acids is 1. The molecule has 0 radical (unpaired) electrons. The van der Waals surface area contributed by atoms with Crippen molar-refractivity contribution >= 4 is 17.3 Å². The van der Waals surface area contributed by atoms with Gasteiger partial charge < -0.3 is 5.11 Å². The number of nitrogens with zero attached hydrogens (tertiary/aromatic N) is 2. The molecule has 2 heterocycles. The van der Waals surface area contributed by atoms with E-state index in [2.05, 4.69) is 9.88 Å². The van der Waals surface area contributed by atoms with Gasteiger partial charge in [-0.15, -0.1) is 11.3 Å². The molecule has 1 aliphatic rings. The Labute approximate surface area is 105 Å². The Balaban J connectivity index is 1.82. The lowest BCUT2D eigenvalue weighted by atomic mass is 10.1. The second kappa shape index (κ2) is 6.12. The molecule has 0 saturated carbocycles. The van der Waals surface area contributed by atoms with Crippen LogP contribution in [0.5, 0.6) is 0 Å². The lowest BCUT2D eigenvalue weighted by Crippen LogP contribution is -2.29. The van der Waals surface area contributed by atoms with E-state index in [1.54, 1.807) is 11.3 Å². The van der Waals surface area contributed by atoms with E-state index in [-0.39, 0.29) is 6.42 Å². The van der Waals surface area contributed by atoms with Gasteiger partial charge in [0.2, 0.25) is 0 Å². The van der Waals surface area contributed by atoms with Crippen molar-refractivity contribution in [2.45, 2.75) is 38.6 Å². The molecule has 1 aromatic rings. The highest BCUT2D eigenvalue weighted by molar-refractivity contribution is 7.09. The number of aromatic nitrogens is 1. The first kappa shape index (κ1) is 12.5. The number of hydrogen-bond acceptors (Lipinski definition) is 4. The molecule has 1 fully saturated rings. The third-order valence-electron chi connectivity index (χ3n) is 3.00. The van der Waals surface area contributed by atoms with Gasteiger partial charge in [-0.25, -0.2) is 4.98 Å². The first-order valence-corrected chi connectivity index (χ1v) is 6.99. The Morgan fingerprint density at radius 1 is 1.41 bits per heavy atom. The highest BCUT2D eigenvalue weighted by Crippen LogP contribution is 2.16. The van der Waals surface area contributed by atoms with E-state index < -0.39 is 5.97 Å². The Morgan fingerprint density at radius 3 is 2.88 bits per heavy atom. The van der Waals surface area contributed by atoms with Gasteiger partial charge in [0, 0.05) is 11.8 Å². The second-order valence-electron chi connectivity index (χ2n) is 4.46. The van der Waals surface area contributed by atoms with Crippen LogP contribution in [0.3, 0.4) is 0 Å². The Morgan fingerprint density at radius 2 is 2.18 bits per heavy atom. The van der Waals surface area contributed by atoms with Crippen LogP contribution in [0.2, 0.25) is 0 Å². The number of aryl methyl sites for hydroxylation is 1.